The second-order valence-electron chi connectivity index (χ2n) is 4.59. The first-order chi connectivity index (χ1) is 9.27. The van der Waals surface area contributed by atoms with Gasteiger partial charge in [0.05, 0.1) is 11.5 Å². The second kappa shape index (κ2) is 6.71. The molecule has 0 aliphatic heterocycles. The van der Waals surface area contributed by atoms with Gasteiger partial charge in [0.25, 0.3) is 0 Å². The third-order valence-electron chi connectivity index (χ3n) is 2.66. The van der Waals surface area contributed by atoms with Crippen molar-refractivity contribution in [2.45, 2.75) is 31.7 Å². The van der Waals surface area contributed by atoms with Crippen molar-refractivity contribution in [3.05, 3.63) is 24.3 Å². The highest BCUT2D eigenvalue weighted by atomic mass is 32.2. The Kier molecular flexibility index (Phi) is 5.52. The first-order valence-corrected chi connectivity index (χ1v) is 7.74. The lowest BCUT2D eigenvalue weighted by Gasteiger charge is -2.18. The molecule has 0 aromatic heterocycles. The van der Waals surface area contributed by atoms with Crippen LogP contribution in [0, 0.1) is 5.92 Å². The van der Waals surface area contributed by atoms with E-state index in [4.69, 9.17) is 9.84 Å². The summed E-state index contributed by atoms with van der Waals surface area (Å²) in [7, 11) is -3.87. The number of carboxylic acids is 1. The minimum Gasteiger partial charge on any atom is -0.494 e. The van der Waals surface area contributed by atoms with Gasteiger partial charge in [0, 0.05) is 0 Å². The molecule has 0 fully saturated rings. The van der Waals surface area contributed by atoms with Crippen LogP contribution in [-0.4, -0.2) is 32.1 Å². The van der Waals surface area contributed by atoms with Gasteiger partial charge in [-0.05, 0) is 37.1 Å². The highest BCUT2D eigenvalue weighted by molar-refractivity contribution is 7.89. The minimum atomic E-state index is -3.87. The average Bonchev–Trinajstić information content (AvgIpc) is 2.36. The zero-order valence-electron chi connectivity index (χ0n) is 11.7. The number of carbonyl (C=O) groups is 1. The topological polar surface area (TPSA) is 92.7 Å². The lowest BCUT2D eigenvalue weighted by Crippen LogP contribution is -2.44. The molecule has 1 rings (SSSR count). The van der Waals surface area contributed by atoms with Crippen molar-refractivity contribution in [1.29, 1.82) is 0 Å². The minimum absolute atomic E-state index is 0.00727. The van der Waals surface area contributed by atoms with Crippen molar-refractivity contribution in [2.24, 2.45) is 5.92 Å². The zero-order chi connectivity index (χ0) is 15.3. The molecular weight excluding hydrogens is 282 g/mol. The quantitative estimate of drug-likeness (QED) is 0.795. The number of aliphatic carboxylic acids is 1. The Hall–Kier alpha value is -1.60. The van der Waals surface area contributed by atoms with Crippen LogP contribution in [0.25, 0.3) is 0 Å². The normalized spacial score (nSPS) is 13.2. The summed E-state index contributed by atoms with van der Waals surface area (Å²) in [6, 6.07) is 4.66. The number of carboxylic acid groups (broad SMARTS) is 1. The van der Waals surface area contributed by atoms with Crippen molar-refractivity contribution >= 4 is 16.0 Å². The molecule has 0 aliphatic rings. The predicted octanol–water partition coefficient (Wildman–Crippen LogP) is 1.47. The summed E-state index contributed by atoms with van der Waals surface area (Å²) in [6.45, 7) is 5.59. The number of sulfonamides is 1. The van der Waals surface area contributed by atoms with Crippen molar-refractivity contribution in [2.75, 3.05) is 6.61 Å². The first kappa shape index (κ1) is 16.5. The molecule has 1 atom stereocenters. The van der Waals surface area contributed by atoms with Gasteiger partial charge in [-0.2, -0.15) is 4.72 Å². The highest BCUT2D eigenvalue weighted by Crippen LogP contribution is 2.17. The second-order valence-corrected chi connectivity index (χ2v) is 6.30. The standard InChI is InChI=1S/C13H19NO5S/c1-4-19-10-5-7-11(8-6-10)20(17,18)14-12(9(2)3)13(15)16/h5-9,12,14H,4H2,1-3H3,(H,15,16)/t12-/m0/s1. The van der Waals surface area contributed by atoms with E-state index in [-0.39, 0.29) is 10.8 Å². The Bertz CT molecular complexity index is 551. The number of hydrogen-bond acceptors (Lipinski definition) is 4. The molecule has 0 heterocycles. The molecule has 1 aromatic rings. The zero-order valence-corrected chi connectivity index (χ0v) is 12.5. The fourth-order valence-corrected chi connectivity index (χ4v) is 2.93. The van der Waals surface area contributed by atoms with Gasteiger partial charge in [0.15, 0.2) is 0 Å². The van der Waals surface area contributed by atoms with Gasteiger partial charge >= 0.3 is 5.97 Å². The molecule has 0 spiro atoms. The summed E-state index contributed by atoms with van der Waals surface area (Å²) < 4.78 is 31.6. The monoisotopic (exact) mass is 301 g/mol. The number of benzene rings is 1. The van der Waals surface area contributed by atoms with Gasteiger partial charge < -0.3 is 9.84 Å². The largest absolute Gasteiger partial charge is 0.494 e. The van der Waals surface area contributed by atoms with Gasteiger partial charge in [-0.15, -0.1) is 0 Å². The lowest BCUT2D eigenvalue weighted by atomic mass is 10.1. The van der Waals surface area contributed by atoms with E-state index < -0.39 is 22.0 Å². The molecule has 112 valence electrons. The van der Waals surface area contributed by atoms with E-state index in [9.17, 15) is 13.2 Å². The van der Waals surface area contributed by atoms with Gasteiger partial charge in [0.2, 0.25) is 10.0 Å². The molecule has 0 bridgehead atoms. The summed E-state index contributed by atoms with van der Waals surface area (Å²) in [6.07, 6.45) is 0. The Morgan fingerprint density at radius 1 is 1.30 bits per heavy atom. The predicted molar refractivity (Wildman–Crippen MR) is 74.2 cm³/mol. The van der Waals surface area contributed by atoms with Crippen LogP contribution < -0.4 is 9.46 Å². The van der Waals surface area contributed by atoms with Gasteiger partial charge in [-0.25, -0.2) is 8.42 Å². The smallest absolute Gasteiger partial charge is 0.322 e. The van der Waals surface area contributed by atoms with Crippen molar-refractivity contribution in [3.8, 4) is 5.75 Å². The van der Waals surface area contributed by atoms with Crippen LogP contribution in [0.5, 0.6) is 5.75 Å². The van der Waals surface area contributed by atoms with Crippen molar-refractivity contribution in [3.63, 3.8) is 0 Å². The van der Waals surface area contributed by atoms with E-state index >= 15 is 0 Å². The fourth-order valence-electron chi connectivity index (χ4n) is 1.59. The number of rotatable bonds is 7. The number of hydrogen-bond donors (Lipinski definition) is 2. The van der Waals surface area contributed by atoms with Crippen molar-refractivity contribution in [1.82, 2.24) is 4.72 Å². The van der Waals surface area contributed by atoms with Gasteiger partial charge in [-0.1, -0.05) is 13.8 Å². The van der Waals surface area contributed by atoms with Crippen LogP contribution in [0.2, 0.25) is 0 Å². The molecular formula is C13H19NO5S. The number of nitrogens with one attached hydrogen (secondary N) is 1. The molecule has 6 nitrogen and oxygen atoms in total. The average molecular weight is 301 g/mol. The Labute approximate surface area is 118 Å². The summed E-state index contributed by atoms with van der Waals surface area (Å²) in [5.41, 5.74) is 0. The Morgan fingerprint density at radius 3 is 2.25 bits per heavy atom. The molecule has 2 N–H and O–H groups in total. The summed E-state index contributed by atoms with van der Waals surface area (Å²) in [5, 5.41) is 9.02. The van der Waals surface area contributed by atoms with Crippen molar-refractivity contribution < 1.29 is 23.1 Å². The molecule has 0 aliphatic carbocycles. The molecule has 0 saturated heterocycles. The summed E-state index contributed by atoms with van der Waals surface area (Å²) in [4.78, 5) is 11.0. The van der Waals surface area contributed by atoms with Crippen LogP contribution in [0.4, 0.5) is 0 Å². The molecule has 0 amide bonds. The van der Waals surface area contributed by atoms with E-state index in [1.54, 1.807) is 13.8 Å². The van der Waals surface area contributed by atoms with Crippen LogP contribution >= 0.6 is 0 Å². The first-order valence-electron chi connectivity index (χ1n) is 6.26. The summed E-state index contributed by atoms with van der Waals surface area (Å²) >= 11 is 0. The van der Waals surface area contributed by atoms with E-state index in [0.29, 0.717) is 12.4 Å². The maximum Gasteiger partial charge on any atom is 0.322 e. The Balaban J connectivity index is 2.95. The lowest BCUT2D eigenvalue weighted by molar-refractivity contribution is -0.140. The van der Waals surface area contributed by atoms with E-state index in [2.05, 4.69) is 4.72 Å². The van der Waals surface area contributed by atoms with Gasteiger partial charge in [-0.3, -0.25) is 4.79 Å². The highest BCUT2D eigenvalue weighted by Gasteiger charge is 2.27. The van der Waals surface area contributed by atoms with Gasteiger partial charge in [0.1, 0.15) is 11.8 Å². The maximum absolute atomic E-state index is 12.1. The molecule has 7 heteroatoms. The SMILES string of the molecule is CCOc1ccc(S(=O)(=O)N[C@H](C(=O)O)C(C)C)cc1. The van der Waals surface area contributed by atoms with E-state index in [1.807, 2.05) is 6.92 Å². The maximum atomic E-state index is 12.1. The summed E-state index contributed by atoms with van der Waals surface area (Å²) in [5.74, 6) is -0.996. The number of ether oxygens (including phenoxy) is 1. The molecule has 1 aromatic carbocycles. The molecule has 0 unspecified atom stereocenters. The van der Waals surface area contributed by atoms with E-state index in [0.717, 1.165) is 0 Å². The van der Waals surface area contributed by atoms with Crippen LogP contribution in [0.3, 0.4) is 0 Å². The third kappa shape index (κ3) is 4.21. The molecule has 0 saturated carbocycles. The molecule has 0 radical (unpaired) electrons. The molecule has 20 heavy (non-hydrogen) atoms. The van der Waals surface area contributed by atoms with E-state index in [1.165, 1.54) is 24.3 Å². The van der Waals surface area contributed by atoms with Crippen LogP contribution in [-0.2, 0) is 14.8 Å². The van der Waals surface area contributed by atoms with Crippen LogP contribution in [0.15, 0.2) is 29.2 Å². The third-order valence-corrected chi connectivity index (χ3v) is 4.12. The van der Waals surface area contributed by atoms with Crippen LogP contribution in [0.1, 0.15) is 20.8 Å². The fraction of sp³-hybridized carbons (Fsp3) is 0.462. The Morgan fingerprint density at radius 2 is 1.85 bits per heavy atom.